The Labute approximate surface area is 194 Å². The topological polar surface area (TPSA) is 115 Å². The van der Waals surface area contributed by atoms with E-state index in [1.165, 1.54) is 0 Å². The first-order valence-corrected chi connectivity index (χ1v) is 11.5. The Kier molecular flexibility index (Phi) is 7.46. The summed E-state index contributed by atoms with van der Waals surface area (Å²) in [7, 11) is 3.38. The first-order valence-electron chi connectivity index (χ1n) is 11.5. The van der Waals surface area contributed by atoms with Crippen LogP contribution in [0.4, 0.5) is 11.8 Å². The van der Waals surface area contributed by atoms with Gasteiger partial charge in [0.15, 0.2) is 5.82 Å². The molecule has 1 aliphatic rings. The minimum atomic E-state index is 0.230. The molecule has 0 unspecified atom stereocenters. The standard InChI is InChI=1S/C23H34N8O2/c1-4-5-6-26-22-21-18(28-23(24)29-22)13-27-31(21)15-17-19(32-2)11-16(12-20(17)33-3)14-30-9-7-25-8-10-30/h11-13,25H,4-10,14-15H2,1-3H3,(H3,24,26,28,29). The van der Waals surface area contributed by atoms with E-state index in [1.54, 1.807) is 20.4 Å². The smallest absolute Gasteiger partial charge is 0.222 e. The number of unbranched alkanes of at least 4 members (excludes halogenated alkanes) is 1. The summed E-state index contributed by atoms with van der Waals surface area (Å²) in [6.45, 7) is 8.36. The Morgan fingerprint density at radius 1 is 1.09 bits per heavy atom. The Hall–Kier alpha value is -3.11. The lowest BCUT2D eigenvalue weighted by molar-refractivity contribution is 0.232. The maximum absolute atomic E-state index is 5.93. The largest absolute Gasteiger partial charge is 0.496 e. The van der Waals surface area contributed by atoms with Crippen molar-refractivity contribution in [2.45, 2.75) is 32.9 Å². The van der Waals surface area contributed by atoms with Gasteiger partial charge in [-0.1, -0.05) is 13.3 Å². The van der Waals surface area contributed by atoms with E-state index >= 15 is 0 Å². The average Bonchev–Trinajstić information content (AvgIpc) is 3.23. The lowest BCUT2D eigenvalue weighted by Crippen LogP contribution is -2.42. The maximum Gasteiger partial charge on any atom is 0.222 e. The normalized spacial score (nSPS) is 14.5. The van der Waals surface area contributed by atoms with Crippen LogP contribution < -0.4 is 25.8 Å². The Balaban J connectivity index is 1.66. The maximum atomic E-state index is 5.93. The van der Waals surface area contributed by atoms with Gasteiger partial charge < -0.3 is 25.8 Å². The number of benzene rings is 1. The third-order valence-electron chi connectivity index (χ3n) is 5.92. The quantitative estimate of drug-likeness (QED) is 0.396. The van der Waals surface area contributed by atoms with Crippen LogP contribution in [0.1, 0.15) is 30.9 Å². The van der Waals surface area contributed by atoms with Crippen LogP contribution in [0.5, 0.6) is 11.5 Å². The average molecular weight is 455 g/mol. The van der Waals surface area contributed by atoms with Crippen LogP contribution in [0.15, 0.2) is 18.3 Å². The van der Waals surface area contributed by atoms with Crippen molar-refractivity contribution < 1.29 is 9.47 Å². The number of hydrogen-bond acceptors (Lipinski definition) is 9. The van der Waals surface area contributed by atoms with E-state index in [9.17, 15) is 0 Å². The van der Waals surface area contributed by atoms with Crippen LogP contribution in [0.3, 0.4) is 0 Å². The number of nitrogens with zero attached hydrogens (tertiary/aromatic N) is 5. The highest BCUT2D eigenvalue weighted by Crippen LogP contribution is 2.33. The third-order valence-corrected chi connectivity index (χ3v) is 5.92. The second-order valence-electron chi connectivity index (χ2n) is 8.25. The zero-order valence-electron chi connectivity index (χ0n) is 19.7. The van der Waals surface area contributed by atoms with Gasteiger partial charge in [-0.3, -0.25) is 9.58 Å². The number of ether oxygens (including phenoxy) is 2. The molecule has 2 aromatic heterocycles. The molecule has 0 spiro atoms. The monoisotopic (exact) mass is 454 g/mol. The van der Waals surface area contributed by atoms with Gasteiger partial charge in [-0.25, -0.2) is 4.98 Å². The van der Waals surface area contributed by atoms with Gasteiger partial charge in [-0.2, -0.15) is 10.1 Å². The van der Waals surface area contributed by atoms with Crippen LogP contribution in [0.25, 0.3) is 11.0 Å². The molecule has 4 N–H and O–H groups in total. The van der Waals surface area contributed by atoms with Crippen LogP contribution in [-0.2, 0) is 13.1 Å². The van der Waals surface area contributed by atoms with E-state index in [2.05, 4.69) is 49.7 Å². The Bertz CT molecular complexity index is 1050. The predicted octanol–water partition coefficient (Wildman–Crippen LogP) is 2.09. The molecule has 10 heteroatoms. The molecule has 1 fully saturated rings. The molecule has 178 valence electrons. The molecule has 10 nitrogen and oxygen atoms in total. The minimum Gasteiger partial charge on any atom is -0.496 e. The highest BCUT2D eigenvalue weighted by molar-refractivity contribution is 5.86. The van der Waals surface area contributed by atoms with Gasteiger partial charge in [-0.15, -0.1) is 0 Å². The molecule has 0 aliphatic carbocycles. The van der Waals surface area contributed by atoms with E-state index in [0.717, 1.165) is 80.3 Å². The summed E-state index contributed by atoms with van der Waals surface area (Å²) in [6, 6.07) is 4.20. The number of nitrogen functional groups attached to an aromatic ring is 1. The zero-order chi connectivity index (χ0) is 23.2. The summed E-state index contributed by atoms with van der Waals surface area (Å²) in [5.74, 6) is 2.48. The van der Waals surface area contributed by atoms with E-state index in [4.69, 9.17) is 15.2 Å². The lowest BCUT2D eigenvalue weighted by atomic mass is 10.1. The minimum absolute atomic E-state index is 0.230. The Morgan fingerprint density at radius 2 is 1.82 bits per heavy atom. The molecule has 4 rings (SSSR count). The number of piperazine rings is 1. The van der Waals surface area contributed by atoms with Gasteiger partial charge in [0.05, 0.1) is 32.5 Å². The SMILES string of the molecule is CCCCNc1nc(N)nc2cnn(Cc3c(OC)cc(CN4CCNCC4)cc3OC)c12. The van der Waals surface area contributed by atoms with Gasteiger partial charge in [0.25, 0.3) is 0 Å². The van der Waals surface area contributed by atoms with Crippen molar-refractivity contribution in [1.82, 2.24) is 30.0 Å². The second kappa shape index (κ2) is 10.7. The van der Waals surface area contributed by atoms with Crippen LogP contribution in [0, 0.1) is 0 Å². The molecule has 0 saturated carbocycles. The first kappa shape index (κ1) is 23.1. The molecule has 1 aliphatic heterocycles. The van der Waals surface area contributed by atoms with E-state index < -0.39 is 0 Å². The Morgan fingerprint density at radius 3 is 2.48 bits per heavy atom. The third kappa shape index (κ3) is 5.28. The van der Waals surface area contributed by atoms with Crippen molar-refractivity contribution in [2.75, 3.05) is 58.0 Å². The summed E-state index contributed by atoms with van der Waals surface area (Å²) in [6.07, 6.45) is 3.84. The number of fused-ring (bicyclic) bond motifs is 1. The molecule has 1 aromatic carbocycles. The molecule has 0 amide bonds. The number of nitrogens with one attached hydrogen (secondary N) is 2. The number of hydrogen-bond donors (Lipinski definition) is 3. The fourth-order valence-electron chi connectivity index (χ4n) is 4.21. The van der Waals surface area contributed by atoms with Crippen molar-refractivity contribution >= 4 is 22.8 Å². The van der Waals surface area contributed by atoms with Gasteiger partial charge in [0.1, 0.15) is 22.5 Å². The molecule has 0 radical (unpaired) electrons. The number of nitrogens with two attached hydrogens (primary N) is 1. The number of methoxy groups -OCH3 is 2. The summed E-state index contributed by atoms with van der Waals surface area (Å²) in [4.78, 5) is 11.2. The molecule has 3 heterocycles. The van der Waals surface area contributed by atoms with Crippen molar-refractivity contribution in [2.24, 2.45) is 0 Å². The molecule has 3 aromatic rings. The van der Waals surface area contributed by atoms with Gasteiger partial charge in [-0.05, 0) is 24.1 Å². The van der Waals surface area contributed by atoms with E-state index in [0.29, 0.717) is 17.9 Å². The number of anilines is 2. The van der Waals surface area contributed by atoms with Crippen LogP contribution in [0.2, 0.25) is 0 Å². The first-order chi connectivity index (χ1) is 16.1. The van der Waals surface area contributed by atoms with Crippen molar-refractivity contribution in [3.8, 4) is 11.5 Å². The van der Waals surface area contributed by atoms with Crippen LogP contribution >= 0.6 is 0 Å². The lowest BCUT2D eigenvalue weighted by Gasteiger charge is -2.27. The van der Waals surface area contributed by atoms with E-state index in [-0.39, 0.29) is 5.95 Å². The number of rotatable bonds is 10. The van der Waals surface area contributed by atoms with Crippen molar-refractivity contribution in [1.29, 1.82) is 0 Å². The molecule has 33 heavy (non-hydrogen) atoms. The van der Waals surface area contributed by atoms with Gasteiger partial charge in [0, 0.05) is 39.3 Å². The highest BCUT2D eigenvalue weighted by atomic mass is 16.5. The molecule has 1 saturated heterocycles. The van der Waals surface area contributed by atoms with Gasteiger partial charge >= 0.3 is 0 Å². The highest BCUT2D eigenvalue weighted by Gasteiger charge is 2.19. The second-order valence-corrected chi connectivity index (χ2v) is 8.25. The molecule has 0 bridgehead atoms. The summed E-state index contributed by atoms with van der Waals surface area (Å²) < 4.78 is 13.5. The predicted molar refractivity (Wildman–Crippen MR) is 130 cm³/mol. The zero-order valence-corrected chi connectivity index (χ0v) is 19.7. The van der Waals surface area contributed by atoms with Gasteiger partial charge in [0.2, 0.25) is 5.95 Å². The van der Waals surface area contributed by atoms with Crippen molar-refractivity contribution in [3.63, 3.8) is 0 Å². The molecular formula is C23H34N8O2. The van der Waals surface area contributed by atoms with E-state index in [1.807, 2.05) is 4.68 Å². The summed E-state index contributed by atoms with van der Waals surface area (Å²) >= 11 is 0. The fourth-order valence-corrected chi connectivity index (χ4v) is 4.21. The fraction of sp³-hybridized carbons (Fsp3) is 0.522. The molecular weight excluding hydrogens is 420 g/mol. The summed E-state index contributed by atoms with van der Waals surface area (Å²) in [5, 5.41) is 11.4. The van der Waals surface area contributed by atoms with Crippen LogP contribution in [-0.4, -0.2) is 71.6 Å². The number of aromatic nitrogens is 4. The van der Waals surface area contributed by atoms with Crippen molar-refractivity contribution in [3.05, 3.63) is 29.5 Å². The summed E-state index contributed by atoms with van der Waals surface area (Å²) in [5.41, 5.74) is 9.53. The molecule has 0 atom stereocenters.